The Balaban J connectivity index is 1.68. The third kappa shape index (κ3) is 2.04. The van der Waals surface area contributed by atoms with Crippen molar-refractivity contribution in [3.05, 3.63) is 51.7 Å². The molecule has 2 unspecified atom stereocenters. The van der Waals surface area contributed by atoms with Gasteiger partial charge in [-0.25, -0.2) is 0 Å². The molecule has 0 saturated heterocycles. The summed E-state index contributed by atoms with van der Waals surface area (Å²) < 4.78 is 5.15. The van der Waals surface area contributed by atoms with Crippen LogP contribution in [0.2, 0.25) is 0 Å². The zero-order chi connectivity index (χ0) is 12.5. The number of thiophene rings is 1. The van der Waals surface area contributed by atoms with E-state index in [0.717, 1.165) is 23.5 Å². The van der Waals surface area contributed by atoms with Crippen LogP contribution in [0.15, 0.2) is 35.7 Å². The van der Waals surface area contributed by atoms with Gasteiger partial charge in [-0.15, -0.1) is 11.3 Å². The van der Waals surface area contributed by atoms with Gasteiger partial charge < -0.3 is 9.84 Å². The lowest BCUT2D eigenvalue weighted by molar-refractivity contribution is 0.157. The van der Waals surface area contributed by atoms with E-state index in [2.05, 4.69) is 24.3 Å². The second-order valence-electron chi connectivity index (χ2n) is 4.74. The molecule has 0 saturated carbocycles. The van der Waals surface area contributed by atoms with E-state index < -0.39 is 0 Å². The molecule has 1 aromatic heterocycles. The van der Waals surface area contributed by atoms with E-state index in [0.29, 0.717) is 5.92 Å². The monoisotopic (exact) mass is 260 g/mol. The molecule has 1 N–H and O–H groups in total. The van der Waals surface area contributed by atoms with Crippen molar-refractivity contribution in [1.29, 1.82) is 0 Å². The van der Waals surface area contributed by atoms with E-state index in [-0.39, 0.29) is 6.10 Å². The fourth-order valence-corrected chi connectivity index (χ4v) is 3.43. The Hall–Kier alpha value is -1.32. The number of aliphatic hydroxyl groups excluding tert-OH is 1. The van der Waals surface area contributed by atoms with Crippen molar-refractivity contribution in [3.8, 4) is 5.75 Å². The Bertz CT molecular complexity index is 547. The van der Waals surface area contributed by atoms with Crippen LogP contribution in [0.5, 0.6) is 5.75 Å². The van der Waals surface area contributed by atoms with Crippen molar-refractivity contribution in [2.45, 2.75) is 24.9 Å². The molecule has 1 aromatic carbocycles. The minimum atomic E-state index is -0.378. The van der Waals surface area contributed by atoms with Crippen LogP contribution in [0, 0.1) is 0 Å². The van der Waals surface area contributed by atoms with Crippen LogP contribution in [-0.4, -0.2) is 12.2 Å². The molecule has 1 aliphatic rings. The molecular formula is C15H16O2S. The molecule has 0 amide bonds. The largest absolute Gasteiger partial charge is 0.496 e. The minimum absolute atomic E-state index is 0.378. The summed E-state index contributed by atoms with van der Waals surface area (Å²) in [7, 11) is 1.65. The first-order chi connectivity index (χ1) is 8.78. The van der Waals surface area contributed by atoms with Crippen molar-refractivity contribution in [2.75, 3.05) is 7.11 Å². The number of ether oxygens (including phenoxy) is 1. The first kappa shape index (κ1) is 11.8. The van der Waals surface area contributed by atoms with Crippen molar-refractivity contribution >= 4 is 11.3 Å². The van der Waals surface area contributed by atoms with E-state index in [1.807, 2.05) is 11.4 Å². The predicted octanol–water partition coefficient (Wildman–Crippen LogP) is 3.52. The Kier molecular flexibility index (Phi) is 3.10. The molecule has 18 heavy (non-hydrogen) atoms. The van der Waals surface area contributed by atoms with Gasteiger partial charge in [0.25, 0.3) is 0 Å². The SMILES string of the molecule is COc1csc(C(O)CC2Cc3ccccc32)c1. The molecule has 2 aromatic rings. The standard InChI is InChI=1S/C15H16O2S/c1-17-12-8-15(18-9-12)14(16)7-11-6-10-4-2-3-5-13(10)11/h2-5,8-9,11,14,16H,6-7H2,1H3. The summed E-state index contributed by atoms with van der Waals surface area (Å²) >= 11 is 1.57. The maximum absolute atomic E-state index is 10.2. The second-order valence-corrected chi connectivity index (χ2v) is 5.68. The van der Waals surface area contributed by atoms with E-state index in [1.165, 1.54) is 11.1 Å². The molecule has 1 heterocycles. The Morgan fingerprint density at radius 2 is 2.28 bits per heavy atom. The van der Waals surface area contributed by atoms with Crippen molar-refractivity contribution < 1.29 is 9.84 Å². The summed E-state index contributed by atoms with van der Waals surface area (Å²) in [6.45, 7) is 0. The van der Waals surface area contributed by atoms with Gasteiger partial charge >= 0.3 is 0 Å². The van der Waals surface area contributed by atoms with Gasteiger partial charge in [-0.3, -0.25) is 0 Å². The van der Waals surface area contributed by atoms with Crippen LogP contribution in [0.3, 0.4) is 0 Å². The normalized spacial score (nSPS) is 18.9. The molecule has 3 heteroatoms. The smallest absolute Gasteiger partial charge is 0.129 e. The number of aliphatic hydroxyl groups is 1. The first-order valence-electron chi connectivity index (χ1n) is 6.16. The molecule has 0 radical (unpaired) electrons. The molecular weight excluding hydrogens is 244 g/mol. The summed E-state index contributed by atoms with van der Waals surface area (Å²) in [5.41, 5.74) is 2.83. The fourth-order valence-electron chi connectivity index (χ4n) is 2.57. The van der Waals surface area contributed by atoms with Crippen LogP contribution in [0.25, 0.3) is 0 Å². The Morgan fingerprint density at radius 1 is 1.44 bits per heavy atom. The summed E-state index contributed by atoms with van der Waals surface area (Å²) in [6, 6.07) is 10.4. The topological polar surface area (TPSA) is 29.5 Å². The van der Waals surface area contributed by atoms with Gasteiger partial charge in [0, 0.05) is 10.3 Å². The average molecular weight is 260 g/mol. The number of fused-ring (bicyclic) bond motifs is 1. The zero-order valence-corrected chi connectivity index (χ0v) is 11.1. The maximum atomic E-state index is 10.2. The highest BCUT2D eigenvalue weighted by molar-refractivity contribution is 7.10. The van der Waals surface area contributed by atoms with E-state index in [9.17, 15) is 5.11 Å². The highest BCUT2D eigenvalue weighted by atomic mass is 32.1. The van der Waals surface area contributed by atoms with Crippen molar-refractivity contribution in [2.24, 2.45) is 0 Å². The molecule has 0 aliphatic heterocycles. The molecule has 3 rings (SSSR count). The number of rotatable bonds is 4. The lowest BCUT2D eigenvalue weighted by Gasteiger charge is -2.31. The predicted molar refractivity (Wildman–Crippen MR) is 73.3 cm³/mol. The van der Waals surface area contributed by atoms with Crippen LogP contribution >= 0.6 is 11.3 Å². The van der Waals surface area contributed by atoms with Crippen LogP contribution < -0.4 is 4.74 Å². The van der Waals surface area contributed by atoms with Gasteiger partial charge in [0.05, 0.1) is 13.2 Å². The molecule has 0 bridgehead atoms. The van der Waals surface area contributed by atoms with Crippen molar-refractivity contribution in [3.63, 3.8) is 0 Å². The van der Waals surface area contributed by atoms with E-state index in [1.54, 1.807) is 18.4 Å². The number of hydrogen-bond acceptors (Lipinski definition) is 3. The second kappa shape index (κ2) is 4.75. The Morgan fingerprint density at radius 3 is 3.00 bits per heavy atom. The minimum Gasteiger partial charge on any atom is -0.496 e. The number of hydrogen-bond donors (Lipinski definition) is 1. The van der Waals surface area contributed by atoms with Gasteiger partial charge in [0.1, 0.15) is 5.75 Å². The van der Waals surface area contributed by atoms with Gasteiger partial charge in [0.15, 0.2) is 0 Å². The highest BCUT2D eigenvalue weighted by Gasteiger charge is 2.28. The van der Waals surface area contributed by atoms with Crippen LogP contribution in [-0.2, 0) is 6.42 Å². The van der Waals surface area contributed by atoms with Gasteiger partial charge in [-0.05, 0) is 36.0 Å². The summed E-state index contributed by atoms with van der Waals surface area (Å²) in [4.78, 5) is 0.997. The third-order valence-corrected chi connectivity index (χ3v) is 4.64. The number of benzene rings is 1. The quantitative estimate of drug-likeness (QED) is 0.911. The maximum Gasteiger partial charge on any atom is 0.129 e. The summed E-state index contributed by atoms with van der Waals surface area (Å²) in [5, 5.41) is 12.2. The molecule has 2 nitrogen and oxygen atoms in total. The molecule has 0 spiro atoms. The highest BCUT2D eigenvalue weighted by Crippen LogP contribution is 2.41. The third-order valence-electron chi connectivity index (χ3n) is 3.63. The molecule has 0 fully saturated rings. The summed E-state index contributed by atoms with van der Waals surface area (Å²) in [6.07, 6.45) is 1.52. The lowest BCUT2D eigenvalue weighted by atomic mass is 9.75. The van der Waals surface area contributed by atoms with Gasteiger partial charge in [-0.2, -0.15) is 0 Å². The van der Waals surface area contributed by atoms with Crippen molar-refractivity contribution in [1.82, 2.24) is 0 Å². The zero-order valence-electron chi connectivity index (χ0n) is 10.3. The fraction of sp³-hybridized carbons (Fsp3) is 0.333. The molecule has 94 valence electrons. The van der Waals surface area contributed by atoms with Gasteiger partial charge in [0.2, 0.25) is 0 Å². The lowest BCUT2D eigenvalue weighted by Crippen LogP contribution is -2.19. The van der Waals surface area contributed by atoms with Crippen LogP contribution in [0.1, 0.15) is 34.4 Å². The number of methoxy groups -OCH3 is 1. The van der Waals surface area contributed by atoms with Crippen LogP contribution in [0.4, 0.5) is 0 Å². The summed E-state index contributed by atoms with van der Waals surface area (Å²) in [5.74, 6) is 1.34. The Labute approximate surface area is 111 Å². The average Bonchev–Trinajstić information content (AvgIpc) is 2.84. The molecule has 2 atom stereocenters. The van der Waals surface area contributed by atoms with E-state index in [4.69, 9.17) is 4.74 Å². The molecule has 1 aliphatic carbocycles. The van der Waals surface area contributed by atoms with E-state index >= 15 is 0 Å². The van der Waals surface area contributed by atoms with Gasteiger partial charge in [-0.1, -0.05) is 24.3 Å². The first-order valence-corrected chi connectivity index (χ1v) is 7.04.